The highest BCUT2D eigenvalue weighted by atomic mass is 35.5. The van der Waals surface area contributed by atoms with Crippen LogP contribution >= 0.6 is 59.0 Å². The van der Waals surface area contributed by atoms with Gasteiger partial charge in [0.1, 0.15) is 18.1 Å². The fourth-order valence-electron chi connectivity index (χ4n) is 2.90. The molecule has 0 aliphatic rings. The molecule has 8 nitrogen and oxygen atoms in total. The molecule has 0 saturated carbocycles. The second-order valence-electron chi connectivity index (χ2n) is 6.88. The number of thiol groups is 1. The van der Waals surface area contributed by atoms with Crippen LogP contribution in [0, 0.1) is 0 Å². The standard InChI is InChI=1S/C22H20Cl4N4O4S/c1-32-16-7-17(33-2)20(26)13(19(16)25)10-34-12-8-27-22(28-9-12)30-21-14(24)5-11(23)6-15(21)29-18(31)3-4-35/h5-9,35H,3-4,10H2,1-2H3,(H,29,31)(H,27,28,30). The first kappa shape index (κ1) is 27.3. The Morgan fingerprint density at radius 1 is 1.00 bits per heavy atom. The Balaban J connectivity index is 1.76. The predicted molar refractivity (Wildman–Crippen MR) is 143 cm³/mol. The lowest BCUT2D eigenvalue weighted by atomic mass is 10.2. The van der Waals surface area contributed by atoms with Gasteiger partial charge in [-0.25, -0.2) is 9.97 Å². The molecule has 2 aromatic carbocycles. The molecule has 0 atom stereocenters. The SMILES string of the molecule is COc1cc(OC)c(Cl)c(COc2cnc(Nc3c(Cl)cc(Cl)cc3NC(=O)CCS)nc2)c1Cl. The van der Waals surface area contributed by atoms with Gasteiger partial charge in [-0.3, -0.25) is 4.79 Å². The van der Waals surface area contributed by atoms with Crippen LogP contribution in [0.4, 0.5) is 17.3 Å². The van der Waals surface area contributed by atoms with Gasteiger partial charge >= 0.3 is 0 Å². The molecule has 0 spiro atoms. The van der Waals surface area contributed by atoms with Crippen molar-refractivity contribution in [1.82, 2.24) is 9.97 Å². The van der Waals surface area contributed by atoms with Crippen molar-refractivity contribution in [2.24, 2.45) is 0 Å². The molecule has 0 aliphatic carbocycles. The highest BCUT2D eigenvalue weighted by Crippen LogP contribution is 2.41. The first-order chi connectivity index (χ1) is 16.8. The Kier molecular flexibility index (Phi) is 9.82. The van der Waals surface area contributed by atoms with Gasteiger partial charge < -0.3 is 24.8 Å². The molecule has 1 amide bonds. The summed E-state index contributed by atoms with van der Waals surface area (Å²) in [5.41, 5.74) is 1.26. The van der Waals surface area contributed by atoms with Gasteiger partial charge in [-0.1, -0.05) is 46.4 Å². The summed E-state index contributed by atoms with van der Waals surface area (Å²) in [6.07, 6.45) is 3.14. The molecule has 0 radical (unpaired) electrons. The molecule has 0 unspecified atom stereocenters. The van der Waals surface area contributed by atoms with E-state index < -0.39 is 0 Å². The average molecular weight is 578 g/mol. The molecule has 0 aliphatic heterocycles. The lowest BCUT2D eigenvalue weighted by Crippen LogP contribution is -2.13. The quantitative estimate of drug-likeness (QED) is 0.231. The predicted octanol–water partition coefficient (Wildman–Crippen LogP) is 6.69. The molecular formula is C22H20Cl4N4O4S. The van der Waals surface area contributed by atoms with Crippen LogP contribution in [-0.4, -0.2) is 35.8 Å². The van der Waals surface area contributed by atoms with E-state index in [0.717, 1.165) is 0 Å². The van der Waals surface area contributed by atoms with Crippen molar-refractivity contribution < 1.29 is 19.0 Å². The topological polar surface area (TPSA) is 94.6 Å². The number of hydrogen-bond acceptors (Lipinski definition) is 8. The molecule has 0 bridgehead atoms. The number of aromatic nitrogens is 2. The van der Waals surface area contributed by atoms with E-state index in [1.165, 1.54) is 32.7 Å². The molecule has 35 heavy (non-hydrogen) atoms. The minimum atomic E-state index is -0.238. The second-order valence-corrected chi connectivity index (χ2v) is 8.92. The smallest absolute Gasteiger partial charge is 0.227 e. The number of methoxy groups -OCH3 is 2. The molecule has 1 aromatic heterocycles. The second kappa shape index (κ2) is 12.6. The molecule has 3 aromatic rings. The third kappa shape index (κ3) is 6.89. The third-order valence-electron chi connectivity index (χ3n) is 4.58. The van der Waals surface area contributed by atoms with E-state index in [-0.39, 0.29) is 29.9 Å². The van der Waals surface area contributed by atoms with Gasteiger partial charge in [0.2, 0.25) is 11.9 Å². The number of rotatable bonds is 10. The summed E-state index contributed by atoms with van der Waals surface area (Å²) in [5, 5.41) is 6.99. The van der Waals surface area contributed by atoms with E-state index in [9.17, 15) is 4.79 Å². The zero-order valence-electron chi connectivity index (χ0n) is 18.5. The maximum atomic E-state index is 12.0. The summed E-state index contributed by atoms with van der Waals surface area (Å²) in [4.78, 5) is 20.5. The van der Waals surface area contributed by atoms with Crippen molar-refractivity contribution >= 4 is 82.3 Å². The molecule has 1 heterocycles. The first-order valence-corrected chi connectivity index (χ1v) is 12.1. The molecule has 13 heteroatoms. The van der Waals surface area contributed by atoms with Gasteiger partial charge in [0, 0.05) is 23.1 Å². The van der Waals surface area contributed by atoms with Gasteiger partial charge in [-0.15, -0.1) is 0 Å². The van der Waals surface area contributed by atoms with E-state index in [0.29, 0.717) is 55.0 Å². The van der Waals surface area contributed by atoms with Crippen molar-refractivity contribution in [3.63, 3.8) is 0 Å². The van der Waals surface area contributed by atoms with Crippen LogP contribution in [0.25, 0.3) is 0 Å². The van der Waals surface area contributed by atoms with Crippen molar-refractivity contribution in [3.8, 4) is 17.2 Å². The summed E-state index contributed by atoms with van der Waals surface area (Å²) in [7, 11) is 2.98. The van der Waals surface area contributed by atoms with Crippen LogP contribution in [0.5, 0.6) is 17.2 Å². The summed E-state index contributed by atoms with van der Waals surface area (Å²) in [6.45, 7) is 0.0195. The van der Waals surface area contributed by atoms with Gasteiger partial charge in [0.05, 0.1) is 53.1 Å². The van der Waals surface area contributed by atoms with Crippen molar-refractivity contribution in [1.29, 1.82) is 0 Å². The van der Waals surface area contributed by atoms with Crippen molar-refractivity contribution in [3.05, 3.63) is 56.2 Å². The molecule has 0 saturated heterocycles. The number of amides is 1. The highest BCUT2D eigenvalue weighted by Gasteiger charge is 2.18. The lowest BCUT2D eigenvalue weighted by molar-refractivity contribution is -0.115. The number of halogens is 4. The summed E-state index contributed by atoms with van der Waals surface area (Å²) >= 11 is 29.2. The van der Waals surface area contributed by atoms with Crippen LogP contribution in [-0.2, 0) is 11.4 Å². The summed E-state index contributed by atoms with van der Waals surface area (Å²) < 4.78 is 16.3. The number of hydrogen-bond donors (Lipinski definition) is 3. The molecule has 2 N–H and O–H groups in total. The van der Waals surface area contributed by atoms with E-state index in [1.54, 1.807) is 12.1 Å². The fourth-order valence-corrected chi connectivity index (χ4v) is 4.25. The number of carbonyl (C=O) groups excluding carboxylic acids is 1. The normalized spacial score (nSPS) is 10.6. The summed E-state index contributed by atoms with van der Waals surface area (Å²) in [6, 6.07) is 4.70. The highest BCUT2D eigenvalue weighted by molar-refractivity contribution is 7.80. The zero-order chi connectivity index (χ0) is 25.5. The van der Waals surface area contributed by atoms with Gasteiger partial charge in [0.25, 0.3) is 0 Å². The van der Waals surface area contributed by atoms with E-state index in [2.05, 4.69) is 33.2 Å². The molecule has 186 valence electrons. The van der Waals surface area contributed by atoms with E-state index in [4.69, 9.17) is 60.6 Å². The largest absolute Gasteiger partial charge is 0.495 e. The number of nitrogens with one attached hydrogen (secondary N) is 2. The Hall–Kier alpha value is -2.30. The maximum absolute atomic E-state index is 12.0. The van der Waals surface area contributed by atoms with Crippen LogP contribution < -0.4 is 24.8 Å². The monoisotopic (exact) mass is 576 g/mol. The van der Waals surface area contributed by atoms with Crippen LogP contribution in [0.2, 0.25) is 20.1 Å². The fraction of sp³-hybridized carbons (Fsp3) is 0.227. The van der Waals surface area contributed by atoms with Crippen molar-refractivity contribution in [2.45, 2.75) is 13.0 Å². The van der Waals surface area contributed by atoms with Crippen LogP contribution in [0.15, 0.2) is 30.6 Å². The maximum Gasteiger partial charge on any atom is 0.227 e. The third-order valence-corrected chi connectivity index (χ3v) is 6.15. The summed E-state index contributed by atoms with van der Waals surface area (Å²) in [5.74, 6) is 1.53. The minimum Gasteiger partial charge on any atom is -0.495 e. The Morgan fingerprint density at radius 2 is 1.63 bits per heavy atom. The van der Waals surface area contributed by atoms with Crippen molar-refractivity contribution in [2.75, 3.05) is 30.6 Å². The van der Waals surface area contributed by atoms with Crippen LogP contribution in [0.1, 0.15) is 12.0 Å². The molecule has 0 fully saturated rings. The number of ether oxygens (including phenoxy) is 3. The number of anilines is 3. The van der Waals surface area contributed by atoms with E-state index >= 15 is 0 Å². The van der Waals surface area contributed by atoms with Gasteiger partial charge in [-0.05, 0) is 17.9 Å². The zero-order valence-corrected chi connectivity index (χ0v) is 22.4. The van der Waals surface area contributed by atoms with Gasteiger partial charge in [0.15, 0.2) is 5.75 Å². The number of carbonyl (C=O) groups is 1. The Bertz CT molecular complexity index is 1190. The molecular weight excluding hydrogens is 558 g/mol. The van der Waals surface area contributed by atoms with Gasteiger partial charge in [-0.2, -0.15) is 12.6 Å². The first-order valence-electron chi connectivity index (χ1n) is 9.97. The lowest BCUT2D eigenvalue weighted by Gasteiger charge is -2.16. The molecule has 3 rings (SSSR count). The number of benzene rings is 2. The van der Waals surface area contributed by atoms with Crippen LogP contribution in [0.3, 0.4) is 0 Å². The minimum absolute atomic E-state index is 0.0195. The Labute approximate surface area is 227 Å². The van der Waals surface area contributed by atoms with E-state index in [1.807, 2.05) is 0 Å². The average Bonchev–Trinajstić information content (AvgIpc) is 2.82. The Morgan fingerprint density at radius 3 is 2.20 bits per heavy atom. The number of nitrogens with zero attached hydrogens (tertiary/aromatic N) is 2.